The van der Waals surface area contributed by atoms with Crippen molar-refractivity contribution in [1.29, 1.82) is 0 Å². The monoisotopic (exact) mass is 934 g/mol. The normalized spacial score (nSPS) is 11.4. The van der Waals surface area contributed by atoms with Crippen molar-refractivity contribution in [2.45, 2.75) is 178 Å². The second kappa shape index (κ2) is 31.9. The summed E-state index contributed by atoms with van der Waals surface area (Å²) in [5.41, 5.74) is 1.70. The average Bonchev–Trinajstić information content (AvgIpc) is 3.23. The zero-order valence-electron chi connectivity index (χ0n) is 37.7. The Kier molecular flexibility index (Phi) is 28.5. The summed E-state index contributed by atoms with van der Waals surface area (Å²) in [7, 11) is -8.71. The van der Waals surface area contributed by atoms with Crippen LogP contribution in [0.2, 0.25) is 0 Å². The first-order valence-electron chi connectivity index (χ1n) is 22.9. The fourth-order valence-corrected chi connectivity index (χ4v) is 8.16. The van der Waals surface area contributed by atoms with Crippen molar-refractivity contribution in [2.24, 2.45) is 0 Å². The van der Waals surface area contributed by atoms with E-state index in [1.54, 1.807) is 24.3 Å². The van der Waals surface area contributed by atoms with Gasteiger partial charge < -0.3 is 24.2 Å². The SMILES string of the molecule is CCCCCCCCCCCCCc1ccc(Oc2ccc(S(=O)(=O)O)cc2)cc1O.CCCCCCCCCCCCCc1ccc(Oc2ccc(S(=O)(=O)[O-])cc2)cc1[O-].[Ca+2]. The van der Waals surface area contributed by atoms with Crippen LogP contribution in [0.3, 0.4) is 0 Å². The third kappa shape index (κ3) is 24.3. The number of benzene rings is 4. The van der Waals surface area contributed by atoms with E-state index in [2.05, 4.69) is 13.8 Å². The largest absolute Gasteiger partial charge is 2.00 e. The van der Waals surface area contributed by atoms with Crippen LogP contribution in [0, 0.1) is 0 Å². The molecule has 0 saturated heterocycles. The van der Waals surface area contributed by atoms with Gasteiger partial charge in [0.05, 0.1) is 9.79 Å². The molecule has 4 aromatic rings. The molecule has 0 aliphatic heterocycles. The van der Waals surface area contributed by atoms with Crippen LogP contribution < -0.4 is 14.6 Å². The molecule has 0 unspecified atom stereocenters. The summed E-state index contributed by atoms with van der Waals surface area (Å²) >= 11 is 0. The van der Waals surface area contributed by atoms with Gasteiger partial charge in [-0.3, -0.25) is 4.55 Å². The number of hydrogen-bond acceptors (Lipinski definition) is 9. The molecule has 0 aliphatic carbocycles. The van der Waals surface area contributed by atoms with Crippen LogP contribution >= 0.6 is 0 Å². The molecule has 0 radical (unpaired) electrons. The molecular weight excluding hydrogens is 865 g/mol. The van der Waals surface area contributed by atoms with Crippen molar-refractivity contribution in [2.75, 3.05) is 0 Å². The molecule has 0 fully saturated rings. The zero-order chi connectivity index (χ0) is 45.1. The number of aryl methyl sites for hydroxylation is 2. The molecule has 10 nitrogen and oxygen atoms in total. The first-order valence-corrected chi connectivity index (χ1v) is 25.8. The van der Waals surface area contributed by atoms with Gasteiger partial charge in [0.25, 0.3) is 10.1 Å². The summed E-state index contributed by atoms with van der Waals surface area (Å²) in [6, 6.07) is 20.9. The Labute approximate surface area is 408 Å². The number of hydrogen-bond donors (Lipinski definition) is 2. The van der Waals surface area contributed by atoms with Crippen LogP contribution in [0.4, 0.5) is 0 Å². The van der Waals surface area contributed by atoms with E-state index in [0.29, 0.717) is 23.0 Å². The Bertz CT molecular complexity index is 1910. The second-order valence-corrected chi connectivity index (χ2v) is 19.0. The molecule has 0 spiro atoms. The topological polar surface area (TPSA) is 173 Å². The quantitative estimate of drug-likeness (QED) is 0.0291. The fourth-order valence-electron chi connectivity index (χ4n) is 7.21. The molecule has 0 atom stereocenters. The van der Waals surface area contributed by atoms with Gasteiger partial charge in [-0.25, -0.2) is 8.42 Å². The number of ether oxygens (including phenoxy) is 2. The summed E-state index contributed by atoms with van der Waals surface area (Å²) in [5, 5.41) is 22.6. The number of unbranched alkanes of at least 4 members (excludes halogenated alkanes) is 20. The summed E-state index contributed by atoms with van der Waals surface area (Å²) in [6.07, 6.45) is 29.9. The molecule has 4 aromatic carbocycles. The van der Waals surface area contributed by atoms with Gasteiger partial charge in [0.1, 0.15) is 38.9 Å². The van der Waals surface area contributed by atoms with Crippen molar-refractivity contribution in [3.8, 4) is 34.5 Å². The van der Waals surface area contributed by atoms with Crippen LogP contribution in [0.1, 0.15) is 166 Å². The molecule has 4 rings (SSSR count). The third-order valence-corrected chi connectivity index (χ3v) is 12.6. The van der Waals surface area contributed by atoms with E-state index in [9.17, 15) is 31.6 Å². The standard InChI is InChI=1S/2C25H36O5S.Ca/c2*1-2-3-4-5-6-7-8-9-10-11-12-13-21-14-15-23(20-25(21)26)30-22-16-18-24(19-17-22)31(27,28)29;/h2*14-20,26H,2-13H2,1H3,(H,27,28,29);/q;;+2/p-2. The Morgan fingerprint density at radius 1 is 0.460 bits per heavy atom. The van der Waals surface area contributed by atoms with Crippen LogP contribution in [-0.2, 0) is 33.1 Å². The molecule has 0 aromatic heterocycles. The molecule has 344 valence electrons. The summed E-state index contributed by atoms with van der Waals surface area (Å²) < 4.78 is 75.3. The van der Waals surface area contributed by atoms with E-state index in [1.807, 2.05) is 6.07 Å². The molecule has 0 amide bonds. The minimum absolute atomic E-state index is 0. The van der Waals surface area contributed by atoms with Gasteiger partial charge in [0.15, 0.2) is 0 Å². The van der Waals surface area contributed by atoms with E-state index in [-0.39, 0.29) is 59.0 Å². The van der Waals surface area contributed by atoms with Gasteiger partial charge in [-0.1, -0.05) is 160 Å². The average molecular weight is 935 g/mol. The molecule has 63 heavy (non-hydrogen) atoms. The van der Waals surface area contributed by atoms with Gasteiger partial charge in [0.2, 0.25) is 0 Å². The predicted molar refractivity (Wildman–Crippen MR) is 251 cm³/mol. The van der Waals surface area contributed by atoms with Crippen molar-refractivity contribution in [3.05, 3.63) is 96.1 Å². The van der Waals surface area contributed by atoms with Crippen molar-refractivity contribution in [1.82, 2.24) is 0 Å². The zero-order valence-corrected chi connectivity index (χ0v) is 41.6. The first-order chi connectivity index (χ1) is 29.8. The number of aromatic hydroxyl groups is 1. The van der Waals surface area contributed by atoms with Crippen molar-refractivity contribution in [3.63, 3.8) is 0 Å². The van der Waals surface area contributed by atoms with E-state index in [4.69, 9.17) is 14.0 Å². The maximum atomic E-state index is 12.3. The van der Waals surface area contributed by atoms with Gasteiger partial charge in [-0.2, -0.15) is 8.42 Å². The van der Waals surface area contributed by atoms with E-state index >= 15 is 0 Å². The van der Waals surface area contributed by atoms with Crippen LogP contribution in [-0.4, -0.2) is 68.8 Å². The third-order valence-electron chi connectivity index (χ3n) is 10.9. The van der Waals surface area contributed by atoms with Crippen LogP contribution in [0.5, 0.6) is 34.5 Å². The van der Waals surface area contributed by atoms with Gasteiger partial charge in [-0.15, -0.1) is 5.75 Å². The van der Waals surface area contributed by atoms with E-state index in [1.165, 1.54) is 177 Å². The van der Waals surface area contributed by atoms with E-state index in [0.717, 1.165) is 43.2 Å². The second-order valence-electron chi connectivity index (χ2n) is 16.2. The van der Waals surface area contributed by atoms with E-state index < -0.39 is 20.2 Å². The fraction of sp³-hybridized carbons (Fsp3) is 0.520. The Balaban J connectivity index is 0.000000427. The van der Waals surface area contributed by atoms with Gasteiger partial charge in [0, 0.05) is 6.07 Å². The molecule has 2 N–H and O–H groups in total. The maximum Gasteiger partial charge on any atom is 2.00 e. The van der Waals surface area contributed by atoms with Gasteiger partial charge >= 0.3 is 37.7 Å². The molecule has 0 saturated carbocycles. The predicted octanol–water partition coefficient (Wildman–Crippen LogP) is 13.2. The molecule has 0 heterocycles. The maximum absolute atomic E-state index is 12.3. The minimum atomic E-state index is -4.48. The molecular formula is C50H70CaO10S2. The summed E-state index contributed by atoms with van der Waals surface area (Å²) in [4.78, 5) is -0.503. The summed E-state index contributed by atoms with van der Waals surface area (Å²) in [6.45, 7) is 4.49. The van der Waals surface area contributed by atoms with Gasteiger partial charge in [-0.05, 0) is 98.0 Å². The minimum Gasteiger partial charge on any atom is -0.872 e. The molecule has 13 heteroatoms. The molecule has 0 bridgehead atoms. The van der Waals surface area contributed by atoms with Crippen LogP contribution in [0.25, 0.3) is 0 Å². The smallest absolute Gasteiger partial charge is 0.872 e. The number of rotatable bonds is 30. The first kappa shape index (κ1) is 56.3. The number of phenols is 1. The number of phenolic OH excluding ortho intramolecular Hbond substituents is 1. The molecule has 0 aliphatic rings. The Morgan fingerprint density at radius 2 is 0.794 bits per heavy atom. The van der Waals surface area contributed by atoms with Crippen molar-refractivity contribution < 1.29 is 45.6 Å². The Morgan fingerprint density at radius 3 is 1.16 bits per heavy atom. The van der Waals surface area contributed by atoms with Crippen LogP contribution in [0.15, 0.2) is 94.7 Å². The Hall–Kier alpha value is -2.84. The van der Waals surface area contributed by atoms with Crippen molar-refractivity contribution >= 4 is 58.0 Å². The summed E-state index contributed by atoms with van der Waals surface area (Å²) in [5.74, 6) is 1.81.